The van der Waals surface area contributed by atoms with Gasteiger partial charge < -0.3 is 15.0 Å². The Hall–Kier alpha value is -0.770. The molecule has 4 nitrogen and oxygen atoms in total. The van der Waals surface area contributed by atoms with Crippen LogP contribution >= 0.6 is 0 Å². The summed E-state index contributed by atoms with van der Waals surface area (Å²) < 4.78 is 4.97. The van der Waals surface area contributed by atoms with Crippen LogP contribution in [0.15, 0.2) is 0 Å². The molecule has 1 unspecified atom stereocenters. The molecule has 2 saturated heterocycles. The zero-order chi connectivity index (χ0) is 9.80. The second-order valence-corrected chi connectivity index (χ2v) is 4.04. The molecule has 2 heterocycles. The molecule has 0 bridgehead atoms. The van der Waals surface area contributed by atoms with Gasteiger partial charge >= 0.3 is 6.09 Å². The van der Waals surface area contributed by atoms with Crippen molar-refractivity contribution < 1.29 is 9.53 Å². The van der Waals surface area contributed by atoms with Crippen LogP contribution < -0.4 is 5.32 Å². The lowest BCUT2D eigenvalue weighted by atomic mass is 10.1. The van der Waals surface area contributed by atoms with E-state index in [2.05, 4.69) is 5.32 Å². The van der Waals surface area contributed by atoms with Gasteiger partial charge in [-0.15, -0.1) is 0 Å². The number of ether oxygens (including phenoxy) is 1. The molecular weight excluding hydrogens is 180 g/mol. The topological polar surface area (TPSA) is 41.6 Å². The fourth-order valence-corrected chi connectivity index (χ4v) is 2.12. The number of hydrogen-bond donors (Lipinski definition) is 1. The predicted octanol–water partition coefficient (Wildman–Crippen LogP) is 0.971. The average Bonchev–Trinajstić information content (AvgIpc) is 2.69. The van der Waals surface area contributed by atoms with Gasteiger partial charge in [0.05, 0.1) is 6.61 Å². The third-order valence-corrected chi connectivity index (χ3v) is 2.97. The van der Waals surface area contributed by atoms with Crippen LogP contribution in [0.1, 0.15) is 25.7 Å². The molecule has 2 fully saturated rings. The van der Waals surface area contributed by atoms with E-state index in [1.165, 1.54) is 12.8 Å². The van der Waals surface area contributed by atoms with Gasteiger partial charge in [-0.1, -0.05) is 0 Å². The Morgan fingerprint density at radius 3 is 3.14 bits per heavy atom. The number of nitrogens with one attached hydrogen (secondary N) is 1. The first-order chi connectivity index (χ1) is 6.86. The summed E-state index contributed by atoms with van der Waals surface area (Å²) in [5.41, 5.74) is 0. The van der Waals surface area contributed by atoms with E-state index in [0.717, 1.165) is 32.5 Å². The van der Waals surface area contributed by atoms with Gasteiger partial charge in [-0.25, -0.2) is 4.79 Å². The second-order valence-electron chi connectivity index (χ2n) is 4.04. The standard InChI is InChI=1S/C10H18N2O2/c13-10-12(6-2-8-14-10)7-4-9-3-1-5-11-9/h9,11H,1-8H2. The first kappa shape index (κ1) is 9.77. The van der Waals surface area contributed by atoms with Gasteiger partial charge in [0.25, 0.3) is 0 Å². The Labute approximate surface area is 84.6 Å². The summed E-state index contributed by atoms with van der Waals surface area (Å²) in [6.45, 7) is 3.44. The van der Waals surface area contributed by atoms with E-state index < -0.39 is 0 Å². The van der Waals surface area contributed by atoms with Crippen LogP contribution in [0, 0.1) is 0 Å². The summed E-state index contributed by atoms with van der Waals surface area (Å²) in [7, 11) is 0. The van der Waals surface area contributed by atoms with Crippen molar-refractivity contribution in [2.75, 3.05) is 26.2 Å². The van der Waals surface area contributed by atoms with Crippen molar-refractivity contribution in [2.24, 2.45) is 0 Å². The molecule has 80 valence electrons. The highest BCUT2D eigenvalue weighted by atomic mass is 16.6. The van der Waals surface area contributed by atoms with E-state index in [-0.39, 0.29) is 6.09 Å². The summed E-state index contributed by atoms with van der Waals surface area (Å²) in [6, 6.07) is 0.615. The predicted molar refractivity (Wildman–Crippen MR) is 53.2 cm³/mol. The maximum atomic E-state index is 11.3. The van der Waals surface area contributed by atoms with Crippen LogP contribution in [0.3, 0.4) is 0 Å². The lowest BCUT2D eigenvalue weighted by Crippen LogP contribution is -2.40. The maximum absolute atomic E-state index is 11.3. The van der Waals surface area contributed by atoms with E-state index in [4.69, 9.17) is 4.74 Å². The third-order valence-electron chi connectivity index (χ3n) is 2.97. The molecule has 4 heteroatoms. The average molecular weight is 198 g/mol. The molecule has 0 radical (unpaired) electrons. The van der Waals surface area contributed by atoms with Crippen LogP contribution in [0.2, 0.25) is 0 Å². The summed E-state index contributed by atoms with van der Waals surface area (Å²) >= 11 is 0. The van der Waals surface area contributed by atoms with Crippen LogP contribution in [0.4, 0.5) is 4.79 Å². The molecule has 0 aliphatic carbocycles. The lowest BCUT2D eigenvalue weighted by molar-refractivity contribution is 0.0716. The van der Waals surface area contributed by atoms with Gasteiger partial charge in [0.1, 0.15) is 0 Å². The molecule has 1 atom stereocenters. The Morgan fingerprint density at radius 1 is 1.50 bits per heavy atom. The van der Waals surface area contributed by atoms with Crippen molar-refractivity contribution in [3.8, 4) is 0 Å². The summed E-state index contributed by atoms with van der Waals surface area (Å²) in [6.07, 6.45) is 4.44. The Kier molecular flexibility index (Phi) is 3.24. The highest BCUT2D eigenvalue weighted by Crippen LogP contribution is 2.11. The molecule has 2 aliphatic heterocycles. The van der Waals surface area contributed by atoms with E-state index >= 15 is 0 Å². The Bertz CT molecular complexity index is 202. The number of hydrogen-bond acceptors (Lipinski definition) is 3. The van der Waals surface area contributed by atoms with Crippen molar-refractivity contribution >= 4 is 6.09 Å². The van der Waals surface area contributed by atoms with Gasteiger partial charge in [0, 0.05) is 19.1 Å². The quantitative estimate of drug-likeness (QED) is 0.734. The van der Waals surface area contributed by atoms with Crippen molar-refractivity contribution in [3.05, 3.63) is 0 Å². The highest BCUT2D eigenvalue weighted by molar-refractivity contribution is 5.68. The number of cyclic esters (lactones) is 1. The van der Waals surface area contributed by atoms with E-state index in [9.17, 15) is 4.79 Å². The number of rotatable bonds is 3. The number of carbonyl (C=O) groups excluding carboxylic acids is 1. The molecule has 2 rings (SSSR count). The molecule has 2 aliphatic rings. The van der Waals surface area contributed by atoms with Crippen LogP contribution in [-0.2, 0) is 4.74 Å². The summed E-state index contributed by atoms with van der Waals surface area (Å²) in [4.78, 5) is 13.1. The Balaban J connectivity index is 1.70. The molecule has 0 saturated carbocycles. The van der Waals surface area contributed by atoms with E-state index in [1.807, 2.05) is 4.90 Å². The summed E-state index contributed by atoms with van der Waals surface area (Å²) in [5.74, 6) is 0. The second kappa shape index (κ2) is 4.64. The molecule has 0 aromatic rings. The zero-order valence-electron chi connectivity index (χ0n) is 8.50. The first-order valence-corrected chi connectivity index (χ1v) is 5.51. The SMILES string of the molecule is O=C1OCCCN1CCC1CCCN1. The van der Waals surface area contributed by atoms with Gasteiger partial charge in [-0.2, -0.15) is 0 Å². The largest absolute Gasteiger partial charge is 0.449 e. The molecule has 14 heavy (non-hydrogen) atoms. The van der Waals surface area contributed by atoms with Gasteiger partial charge in [-0.05, 0) is 32.2 Å². The molecule has 0 aromatic carbocycles. The number of carbonyl (C=O) groups is 1. The summed E-state index contributed by atoms with van der Waals surface area (Å²) in [5, 5.41) is 3.43. The monoisotopic (exact) mass is 198 g/mol. The minimum atomic E-state index is -0.130. The molecule has 0 aromatic heterocycles. The van der Waals surface area contributed by atoms with Gasteiger partial charge in [0.2, 0.25) is 0 Å². The van der Waals surface area contributed by atoms with Crippen molar-refractivity contribution in [1.29, 1.82) is 0 Å². The normalized spacial score (nSPS) is 27.9. The van der Waals surface area contributed by atoms with Crippen LogP contribution in [0.5, 0.6) is 0 Å². The fourth-order valence-electron chi connectivity index (χ4n) is 2.12. The lowest BCUT2D eigenvalue weighted by Gasteiger charge is -2.27. The van der Waals surface area contributed by atoms with Crippen molar-refractivity contribution in [2.45, 2.75) is 31.7 Å². The highest BCUT2D eigenvalue weighted by Gasteiger charge is 2.21. The number of amides is 1. The van der Waals surface area contributed by atoms with Gasteiger partial charge in [-0.3, -0.25) is 0 Å². The fraction of sp³-hybridized carbons (Fsp3) is 0.900. The van der Waals surface area contributed by atoms with Crippen molar-refractivity contribution in [1.82, 2.24) is 10.2 Å². The molecular formula is C10H18N2O2. The van der Waals surface area contributed by atoms with Crippen LogP contribution in [-0.4, -0.2) is 43.3 Å². The third kappa shape index (κ3) is 2.38. The van der Waals surface area contributed by atoms with Gasteiger partial charge in [0.15, 0.2) is 0 Å². The van der Waals surface area contributed by atoms with E-state index in [1.54, 1.807) is 0 Å². The minimum absolute atomic E-state index is 0.130. The van der Waals surface area contributed by atoms with E-state index in [0.29, 0.717) is 12.6 Å². The van der Waals surface area contributed by atoms with Crippen molar-refractivity contribution in [3.63, 3.8) is 0 Å². The first-order valence-electron chi connectivity index (χ1n) is 5.51. The minimum Gasteiger partial charge on any atom is -0.449 e. The Morgan fingerprint density at radius 2 is 2.43 bits per heavy atom. The van der Waals surface area contributed by atoms with Crippen LogP contribution in [0.25, 0.3) is 0 Å². The number of nitrogens with zero attached hydrogens (tertiary/aromatic N) is 1. The smallest absolute Gasteiger partial charge is 0.409 e. The maximum Gasteiger partial charge on any atom is 0.409 e. The molecule has 1 amide bonds. The molecule has 0 spiro atoms. The molecule has 1 N–H and O–H groups in total. The zero-order valence-corrected chi connectivity index (χ0v) is 8.50.